The molecule has 0 radical (unpaired) electrons. The van der Waals surface area contributed by atoms with Gasteiger partial charge in [-0.2, -0.15) is 0 Å². The van der Waals surface area contributed by atoms with Crippen molar-refractivity contribution < 1.29 is 24.2 Å². The Morgan fingerprint density at radius 2 is 2.11 bits per heavy atom. The van der Waals surface area contributed by atoms with Crippen LogP contribution in [-0.2, 0) is 19.1 Å². The van der Waals surface area contributed by atoms with Gasteiger partial charge in [-0.1, -0.05) is 0 Å². The maximum atomic E-state index is 11.5. The van der Waals surface area contributed by atoms with Gasteiger partial charge in [0.1, 0.15) is 0 Å². The van der Waals surface area contributed by atoms with E-state index in [9.17, 15) is 14.7 Å². The highest BCUT2D eigenvalue weighted by Crippen LogP contribution is 2.23. The first kappa shape index (κ1) is 15.7. The van der Waals surface area contributed by atoms with Crippen molar-refractivity contribution in [1.82, 2.24) is 5.32 Å². The predicted octanol–water partition coefficient (Wildman–Crippen LogP) is 0.149. The van der Waals surface area contributed by atoms with E-state index in [-0.39, 0.29) is 18.4 Å². The van der Waals surface area contributed by atoms with Crippen LogP contribution in [-0.4, -0.2) is 48.4 Å². The van der Waals surface area contributed by atoms with E-state index in [0.717, 1.165) is 0 Å². The van der Waals surface area contributed by atoms with Gasteiger partial charge in [0.2, 0.25) is 5.91 Å². The van der Waals surface area contributed by atoms with Crippen LogP contribution < -0.4 is 5.32 Å². The summed E-state index contributed by atoms with van der Waals surface area (Å²) >= 11 is 0. The molecule has 0 aromatic carbocycles. The second-order valence-electron chi connectivity index (χ2n) is 4.83. The minimum absolute atomic E-state index is 0.0956. The summed E-state index contributed by atoms with van der Waals surface area (Å²) < 4.78 is 10.3. The monoisotopic (exact) mass is 271 g/mol. The summed E-state index contributed by atoms with van der Waals surface area (Å²) in [5.74, 6) is -0.742. The van der Waals surface area contributed by atoms with Crippen LogP contribution in [0.2, 0.25) is 0 Å². The second-order valence-corrected chi connectivity index (χ2v) is 4.83. The third-order valence-electron chi connectivity index (χ3n) is 2.81. The fraction of sp³-hybridized carbons (Fsp3) is 0.692. The van der Waals surface area contributed by atoms with E-state index in [1.807, 2.05) is 13.8 Å². The molecule has 3 atom stereocenters. The molecule has 0 saturated heterocycles. The van der Waals surface area contributed by atoms with Crippen molar-refractivity contribution in [2.75, 3.05) is 7.11 Å². The predicted molar refractivity (Wildman–Crippen MR) is 68.3 cm³/mol. The fourth-order valence-electron chi connectivity index (χ4n) is 2.07. The number of aliphatic hydroxyl groups is 1. The maximum absolute atomic E-state index is 11.5. The molecule has 0 heterocycles. The molecule has 0 spiro atoms. The topological polar surface area (TPSA) is 84.9 Å². The molecule has 6 nitrogen and oxygen atoms in total. The van der Waals surface area contributed by atoms with Gasteiger partial charge in [-0.05, 0) is 19.9 Å². The molecule has 2 N–H and O–H groups in total. The minimum Gasteiger partial charge on any atom is -0.466 e. The van der Waals surface area contributed by atoms with Crippen molar-refractivity contribution in [3.8, 4) is 0 Å². The molecule has 1 amide bonds. The third-order valence-corrected chi connectivity index (χ3v) is 2.81. The molecule has 1 aliphatic rings. The van der Waals surface area contributed by atoms with Gasteiger partial charge in [0.25, 0.3) is 0 Å². The van der Waals surface area contributed by atoms with E-state index in [4.69, 9.17) is 4.74 Å². The average Bonchev–Trinajstić information content (AvgIpc) is 2.31. The second kappa shape index (κ2) is 6.68. The molecule has 19 heavy (non-hydrogen) atoms. The Labute approximate surface area is 112 Å². The van der Waals surface area contributed by atoms with E-state index in [2.05, 4.69) is 10.1 Å². The molecule has 108 valence electrons. The van der Waals surface area contributed by atoms with Crippen molar-refractivity contribution in [1.29, 1.82) is 0 Å². The van der Waals surface area contributed by atoms with Gasteiger partial charge in [-0.3, -0.25) is 4.79 Å². The normalized spacial score (nSPS) is 26.8. The van der Waals surface area contributed by atoms with Crippen molar-refractivity contribution in [3.63, 3.8) is 0 Å². The molecule has 0 unspecified atom stereocenters. The molecule has 0 bridgehead atoms. The lowest BCUT2D eigenvalue weighted by atomic mass is 9.89. The summed E-state index contributed by atoms with van der Waals surface area (Å²) in [5.41, 5.74) is 0.363. The van der Waals surface area contributed by atoms with Crippen LogP contribution in [0, 0.1) is 0 Å². The average molecular weight is 271 g/mol. The fourth-order valence-corrected chi connectivity index (χ4v) is 2.07. The van der Waals surface area contributed by atoms with E-state index in [1.54, 1.807) is 6.08 Å². The number of carbonyl (C=O) groups excluding carboxylic acids is 2. The molecule has 0 aromatic heterocycles. The van der Waals surface area contributed by atoms with Gasteiger partial charge >= 0.3 is 5.97 Å². The molecule has 6 heteroatoms. The Morgan fingerprint density at radius 3 is 2.58 bits per heavy atom. The summed E-state index contributed by atoms with van der Waals surface area (Å²) in [6, 6.07) is -0.562. The van der Waals surface area contributed by atoms with Crippen LogP contribution in [0.5, 0.6) is 0 Å². The highest BCUT2D eigenvalue weighted by Gasteiger charge is 2.36. The first-order valence-electron chi connectivity index (χ1n) is 6.24. The van der Waals surface area contributed by atoms with Gasteiger partial charge < -0.3 is 19.9 Å². The summed E-state index contributed by atoms with van der Waals surface area (Å²) in [7, 11) is 1.29. The van der Waals surface area contributed by atoms with Crippen molar-refractivity contribution in [3.05, 3.63) is 11.6 Å². The number of aliphatic hydroxyl groups excluding tert-OH is 1. The number of carbonyl (C=O) groups is 2. The molecule has 0 fully saturated rings. The van der Waals surface area contributed by atoms with Crippen molar-refractivity contribution in [2.24, 2.45) is 0 Å². The van der Waals surface area contributed by atoms with E-state index in [0.29, 0.717) is 5.57 Å². The smallest absolute Gasteiger partial charge is 0.333 e. The zero-order valence-electron chi connectivity index (χ0n) is 11.7. The summed E-state index contributed by atoms with van der Waals surface area (Å²) in [4.78, 5) is 22.7. The first-order valence-corrected chi connectivity index (χ1v) is 6.24. The summed E-state index contributed by atoms with van der Waals surface area (Å²) in [5, 5.41) is 12.7. The molecule has 1 aliphatic carbocycles. The quantitative estimate of drug-likeness (QED) is 0.711. The zero-order valence-corrected chi connectivity index (χ0v) is 11.7. The van der Waals surface area contributed by atoms with Crippen LogP contribution in [0.3, 0.4) is 0 Å². The lowest BCUT2D eigenvalue weighted by Gasteiger charge is -2.35. The molecular formula is C13H21NO5. The van der Waals surface area contributed by atoms with Gasteiger partial charge in [-0.15, -0.1) is 0 Å². The number of esters is 1. The van der Waals surface area contributed by atoms with Crippen LogP contribution in [0.1, 0.15) is 27.2 Å². The van der Waals surface area contributed by atoms with Crippen molar-refractivity contribution in [2.45, 2.75) is 51.5 Å². The summed E-state index contributed by atoms with van der Waals surface area (Å²) in [6.07, 6.45) is 0.213. The summed E-state index contributed by atoms with van der Waals surface area (Å²) in [6.45, 7) is 5.06. The number of ether oxygens (including phenoxy) is 2. The molecule has 0 aromatic rings. The SMILES string of the molecule is COC(=O)C1=C[C@@H](OC(C)C)[C@H](NC(C)=O)[C@H](O)C1. The Bertz CT molecular complexity index is 377. The maximum Gasteiger partial charge on any atom is 0.333 e. The molecule has 0 saturated carbocycles. The number of methoxy groups -OCH3 is 1. The van der Waals surface area contributed by atoms with Gasteiger partial charge in [0.05, 0.1) is 31.5 Å². The highest BCUT2D eigenvalue weighted by atomic mass is 16.5. The van der Waals surface area contributed by atoms with E-state index in [1.165, 1.54) is 14.0 Å². The van der Waals surface area contributed by atoms with E-state index < -0.39 is 24.2 Å². The van der Waals surface area contributed by atoms with Gasteiger partial charge in [0.15, 0.2) is 0 Å². The van der Waals surface area contributed by atoms with Crippen LogP contribution >= 0.6 is 0 Å². The Kier molecular flexibility index (Phi) is 5.50. The molecular weight excluding hydrogens is 250 g/mol. The molecule has 1 rings (SSSR count). The van der Waals surface area contributed by atoms with Crippen LogP contribution in [0.15, 0.2) is 11.6 Å². The number of rotatable bonds is 4. The lowest BCUT2D eigenvalue weighted by Crippen LogP contribution is -2.53. The Balaban J connectivity index is 2.96. The van der Waals surface area contributed by atoms with Crippen LogP contribution in [0.4, 0.5) is 0 Å². The third kappa shape index (κ3) is 4.33. The number of hydrogen-bond donors (Lipinski definition) is 2. The highest BCUT2D eigenvalue weighted by molar-refractivity contribution is 5.89. The Morgan fingerprint density at radius 1 is 1.47 bits per heavy atom. The van der Waals surface area contributed by atoms with Crippen molar-refractivity contribution >= 4 is 11.9 Å². The minimum atomic E-state index is -0.883. The standard InChI is InChI=1S/C13H21NO5/c1-7(2)19-11-6-9(13(17)18-4)5-10(16)12(11)14-8(3)15/h6-7,10-12,16H,5H2,1-4H3,(H,14,15)/t10-,11-,12-/m1/s1. The van der Waals surface area contributed by atoms with Gasteiger partial charge in [0, 0.05) is 18.9 Å². The number of hydrogen-bond acceptors (Lipinski definition) is 5. The Hall–Kier alpha value is -1.40. The van der Waals surface area contributed by atoms with Crippen LogP contribution in [0.25, 0.3) is 0 Å². The zero-order chi connectivity index (χ0) is 14.6. The number of nitrogens with one attached hydrogen (secondary N) is 1. The lowest BCUT2D eigenvalue weighted by molar-refractivity contribution is -0.137. The van der Waals surface area contributed by atoms with Gasteiger partial charge in [-0.25, -0.2) is 4.79 Å². The first-order chi connectivity index (χ1) is 8.85. The largest absolute Gasteiger partial charge is 0.466 e. The van der Waals surface area contributed by atoms with E-state index >= 15 is 0 Å². The molecule has 0 aliphatic heterocycles. The number of amides is 1.